The number of nitrogens with one attached hydrogen (secondary N) is 1. The Morgan fingerprint density at radius 3 is 2.50 bits per heavy atom. The predicted molar refractivity (Wildman–Crippen MR) is 124 cm³/mol. The second-order valence-corrected chi connectivity index (χ2v) is 8.96. The minimum atomic E-state index is -0.736. The number of fused-ring (bicyclic) bond motifs is 3. The van der Waals surface area contributed by atoms with Crippen molar-refractivity contribution in [2.45, 2.75) is 44.7 Å². The Morgan fingerprint density at radius 2 is 1.75 bits per heavy atom. The SMILES string of the molecule is CC12CCC(=O)N1c1ccccc1C(=O)N2CCC(=O)Nc1ccc(N2CCCC2)cc1. The Bertz CT molecular complexity index is 1060. The van der Waals surface area contributed by atoms with Crippen molar-refractivity contribution in [2.75, 3.05) is 34.8 Å². The number of hydrogen-bond acceptors (Lipinski definition) is 4. The van der Waals surface area contributed by atoms with Crippen molar-refractivity contribution in [3.63, 3.8) is 0 Å². The molecule has 0 bridgehead atoms. The zero-order valence-electron chi connectivity index (χ0n) is 18.3. The molecule has 2 saturated heterocycles. The average Bonchev–Trinajstić information content (AvgIpc) is 3.43. The normalized spacial score (nSPS) is 22.2. The van der Waals surface area contributed by atoms with E-state index in [1.54, 1.807) is 21.9 Å². The molecule has 0 aliphatic carbocycles. The van der Waals surface area contributed by atoms with E-state index in [2.05, 4.69) is 10.2 Å². The molecule has 5 rings (SSSR count). The van der Waals surface area contributed by atoms with Crippen LogP contribution in [0.2, 0.25) is 0 Å². The standard InChI is InChI=1S/C25H28N4O3/c1-25-14-12-23(31)29(25)21-7-3-2-6-20(21)24(32)28(25)17-13-22(30)26-18-8-10-19(11-9-18)27-15-4-5-16-27/h2-3,6-11H,4-5,12-17H2,1H3,(H,26,30). The summed E-state index contributed by atoms with van der Waals surface area (Å²) in [6.07, 6.45) is 3.56. The van der Waals surface area contributed by atoms with Gasteiger partial charge in [0.25, 0.3) is 5.91 Å². The summed E-state index contributed by atoms with van der Waals surface area (Å²) >= 11 is 0. The quantitative estimate of drug-likeness (QED) is 0.783. The van der Waals surface area contributed by atoms with E-state index in [1.165, 1.54) is 18.5 Å². The van der Waals surface area contributed by atoms with E-state index in [4.69, 9.17) is 0 Å². The van der Waals surface area contributed by atoms with Crippen molar-refractivity contribution in [1.82, 2.24) is 4.90 Å². The van der Waals surface area contributed by atoms with Crippen LogP contribution in [0.3, 0.4) is 0 Å². The maximum Gasteiger partial charge on any atom is 0.257 e. The van der Waals surface area contributed by atoms with Crippen molar-refractivity contribution < 1.29 is 14.4 Å². The topological polar surface area (TPSA) is 73.0 Å². The highest BCUT2D eigenvalue weighted by molar-refractivity contribution is 6.10. The Labute approximate surface area is 188 Å². The van der Waals surface area contributed by atoms with Gasteiger partial charge in [-0.05, 0) is 62.6 Å². The summed E-state index contributed by atoms with van der Waals surface area (Å²) in [7, 11) is 0. The molecule has 0 aromatic heterocycles. The number of benzene rings is 2. The first-order chi connectivity index (χ1) is 15.5. The molecule has 2 aromatic rings. The van der Waals surface area contributed by atoms with Crippen molar-refractivity contribution in [3.05, 3.63) is 54.1 Å². The lowest BCUT2D eigenvalue weighted by molar-refractivity contribution is -0.117. The van der Waals surface area contributed by atoms with Crippen LogP contribution in [0.15, 0.2) is 48.5 Å². The van der Waals surface area contributed by atoms with Gasteiger partial charge in [0.05, 0.1) is 11.3 Å². The summed E-state index contributed by atoms with van der Waals surface area (Å²) in [6, 6.07) is 15.1. The fourth-order valence-corrected chi connectivity index (χ4v) is 5.21. The average molecular weight is 433 g/mol. The molecule has 3 aliphatic rings. The van der Waals surface area contributed by atoms with Gasteiger partial charge in [0.2, 0.25) is 11.8 Å². The fourth-order valence-electron chi connectivity index (χ4n) is 5.21. The monoisotopic (exact) mass is 432 g/mol. The molecule has 1 unspecified atom stereocenters. The van der Waals surface area contributed by atoms with Crippen LogP contribution in [-0.4, -0.2) is 47.9 Å². The van der Waals surface area contributed by atoms with Crippen LogP contribution in [0, 0.1) is 0 Å². The van der Waals surface area contributed by atoms with Crippen LogP contribution >= 0.6 is 0 Å². The van der Waals surface area contributed by atoms with Crippen molar-refractivity contribution in [2.24, 2.45) is 0 Å². The van der Waals surface area contributed by atoms with Gasteiger partial charge in [-0.15, -0.1) is 0 Å². The largest absolute Gasteiger partial charge is 0.372 e. The van der Waals surface area contributed by atoms with E-state index in [1.807, 2.05) is 43.3 Å². The smallest absolute Gasteiger partial charge is 0.257 e. The first kappa shape index (κ1) is 20.5. The summed E-state index contributed by atoms with van der Waals surface area (Å²) in [5.41, 5.74) is 2.37. The third kappa shape index (κ3) is 3.42. The fraction of sp³-hybridized carbons (Fsp3) is 0.400. The summed E-state index contributed by atoms with van der Waals surface area (Å²) in [5, 5.41) is 2.94. The molecule has 3 aliphatic heterocycles. The predicted octanol–water partition coefficient (Wildman–Crippen LogP) is 3.61. The zero-order chi connectivity index (χ0) is 22.3. The van der Waals surface area contributed by atoms with Gasteiger partial charge in [0.1, 0.15) is 5.66 Å². The van der Waals surface area contributed by atoms with Gasteiger partial charge in [0.15, 0.2) is 0 Å². The highest BCUT2D eigenvalue weighted by atomic mass is 16.2. The second-order valence-electron chi connectivity index (χ2n) is 8.96. The molecule has 32 heavy (non-hydrogen) atoms. The molecule has 166 valence electrons. The van der Waals surface area contributed by atoms with Gasteiger partial charge in [-0.25, -0.2) is 0 Å². The highest BCUT2D eigenvalue weighted by Crippen LogP contribution is 2.44. The number of nitrogens with zero attached hydrogens (tertiary/aromatic N) is 3. The molecule has 2 fully saturated rings. The first-order valence-electron chi connectivity index (χ1n) is 11.4. The van der Waals surface area contributed by atoms with Gasteiger partial charge in [-0.3, -0.25) is 19.3 Å². The number of carbonyl (C=O) groups excluding carboxylic acids is 3. The molecule has 3 heterocycles. The van der Waals surface area contributed by atoms with Crippen molar-refractivity contribution in [1.29, 1.82) is 0 Å². The third-order valence-corrected chi connectivity index (χ3v) is 6.93. The Balaban J connectivity index is 1.27. The summed E-state index contributed by atoms with van der Waals surface area (Å²) in [5.74, 6) is -0.262. The van der Waals surface area contributed by atoms with Gasteiger partial charge in [-0.1, -0.05) is 12.1 Å². The minimum absolute atomic E-state index is 0.0139. The molecule has 3 amide bonds. The zero-order valence-corrected chi connectivity index (χ0v) is 18.3. The van der Waals surface area contributed by atoms with Gasteiger partial charge >= 0.3 is 0 Å². The molecular formula is C25H28N4O3. The van der Waals surface area contributed by atoms with Gasteiger partial charge in [-0.2, -0.15) is 0 Å². The second kappa shape index (κ2) is 7.97. The van der Waals surface area contributed by atoms with Crippen molar-refractivity contribution in [3.8, 4) is 0 Å². The van der Waals surface area contributed by atoms with Crippen LogP contribution in [0.25, 0.3) is 0 Å². The third-order valence-electron chi connectivity index (χ3n) is 6.93. The molecule has 2 aromatic carbocycles. The molecule has 1 atom stereocenters. The Hall–Kier alpha value is -3.35. The van der Waals surface area contributed by atoms with Crippen LogP contribution in [0.5, 0.6) is 0 Å². The maximum atomic E-state index is 13.3. The number of rotatable bonds is 5. The van der Waals surface area contributed by atoms with E-state index in [9.17, 15) is 14.4 Å². The minimum Gasteiger partial charge on any atom is -0.372 e. The molecule has 7 heteroatoms. The lowest BCUT2D eigenvalue weighted by Gasteiger charge is -2.48. The summed E-state index contributed by atoms with van der Waals surface area (Å²) in [6.45, 7) is 4.33. The first-order valence-corrected chi connectivity index (χ1v) is 11.4. The van der Waals surface area contributed by atoms with Crippen LogP contribution in [-0.2, 0) is 9.59 Å². The Kier molecular flexibility index (Phi) is 5.12. The molecule has 1 N–H and O–H groups in total. The highest BCUT2D eigenvalue weighted by Gasteiger charge is 2.52. The summed E-state index contributed by atoms with van der Waals surface area (Å²) < 4.78 is 0. The molecule has 0 spiro atoms. The number of carbonyl (C=O) groups is 3. The maximum absolute atomic E-state index is 13.3. The van der Waals surface area contributed by atoms with E-state index < -0.39 is 5.66 Å². The Morgan fingerprint density at radius 1 is 1.03 bits per heavy atom. The van der Waals surface area contributed by atoms with Gasteiger partial charge in [0, 0.05) is 43.9 Å². The molecule has 7 nitrogen and oxygen atoms in total. The van der Waals surface area contributed by atoms with Gasteiger partial charge < -0.3 is 15.1 Å². The van der Waals surface area contributed by atoms with E-state index in [-0.39, 0.29) is 30.7 Å². The summed E-state index contributed by atoms with van der Waals surface area (Å²) in [4.78, 5) is 44.3. The van der Waals surface area contributed by atoms with E-state index in [0.29, 0.717) is 24.1 Å². The van der Waals surface area contributed by atoms with Crippen LogP contribution in [0.1, 0.15) is 49.4 Å². The van der Waals surface area contributed by atoms with Crippen molar-refractivity contribution >= 4 is 34.8 Å². The van der Waals surface area contributed by atoms with Crippen LogP contribution < -0.4 is 15.1 Å². The molecule has 0 radical (unpaired) electrons. The number of anilines is 3. The molecular weight excluding hydrogens is 404 g/mol. The lowest BCUT2D eigenvalue weighted by Crippen LogP contribution is -2.62. The van der Waals surface area contributed by atoms with E-state index >= 15 is 0 Å². The number of amides is 3. The number of para-hydroxylation sites is 1. The molecule has 0 saturated carbocycles. The van der Waals surface area contributed by atoms with E-state index in [0.717, 1.165) is 18.8 Å². The lowest BCUT2D eigenvalue weighted by atomic mass is 9.98. The van der Waals surface area contributed by atoms with Crippen LogP contribution in [0.4, 0.5) is 17.1 Å². The number of hydrogen-bond donors (Lipinski definition) is 1.